The van der Waals surface area contributed by atoms with E-state index in [1.165, 1.54) is 28.8 Å². The molecule has 96 valence electrons. The van der Waals surface area contributed by atoms with Gasteiger partial charge in [-0.1, -0.05) is 38.2 Å². The first-order valence-corrected chi connectivity index (χ1v) is 6.61. The SMILES string of the molecule is C=C(C)C(CN1C(=C)CCC1C(C)C)=C(C)C. The third-order valence-electron chi connectivity index (χ3n) is 3.75. The monoisotopic (exact) mass is 233 g/mol. The number of likely N-dealkylation sites (tertiary alicyclic amines) is 1. The van der Waals surface area contributed by atoms with Crippen LogP contribution in [-0.2, 0) is 0 Å². The van der Waals surface area contributed by atoms with E-state index in [1.807, 2.05) is 0 Å². The van der Waals surface area contributed by atoms with Crippen LogP contribution in [0.1, 0.15) is 47.5 Å². The van der Waals surface area contributed by atoms with Crippen molar-refractivity contribution in [2.75, 3.05) is 6.54 Å². The highest BCUT2D eigenvalue weighted by Gasteiger charge is 2.29. The molecule has 0 amide bonds. The van der Waals surface area contributed by atoms with Gasteiger partial charge in [0.2, 0.25) is 0 Å². The molecule has 0 N–H and O–H groups in total. The lowest BCUT2D eigenvalue weighted by atomic mass is 9.99. The van der Waals surface area contributed by atoms with Gasteiger partial charge in [0.15, 0.2) is 0 Å². The Balaban J connectivity index is 2.88. The predicted octanol–water partition coefficient (Wildman–Crippen LogP) is 4.53. The van der Waals surface area contributed by atoms with E-state index in [4.69, 9.17) is 0 Å². The van der Waals surface area contributed by atoms with Crippen molar-refractivity contribution in [1.29, 1.82) is 0 Å². The Hall–Kier alpha value is -0.980. The maximum Gasteiger partial charge on any atom is 0.0431 e. The van der Waals surface area contributed by atoms with Crippen LogP contribution >= 0.6 is 0 Å². The van der Waals surface area contributed by atoms with Gasteiger partial charge in [-0.2, -0.15) is 0 Å². The zero-order valence-corrected chi connectivity index (χ0v) is 12.1. The average Bonchev–Trinajstić information content (AvgIpc) is 2.55. The summed E-state index contributed by atoms with van der Waals surface area (Å²) in [5.41, 5.74) is 5.24. The minimum Gasteiger partial charge on any atom is -0.368 e. The van der Waals surface area contributed by atoms with E-state index in [1.54, 1.807) is 0 Å². The quantitative estimate of drug-likeness (QED) is 0.645. The molecule has 1 unspecified atom stereocenters. The van der Waals surface area contributed by atoms with E-state index in [0.29, 0.717) is 12.0 Å². The fourth-order valence-electron chi connectivity index (χ4n) is 2.66. The molecule has 0 bridgehead atoms. The van der Waals surface area contributed by atoms with Crippen molar-refractivity contribution in [2.24, 2.45) is 5.92 Å². The molecule has 1 atom stereocenters. The van der Waals surface area contributed by atoms with Crippen LogP contribution in [0, 0.1) is 5.92 Å². The molecule has 0 aromatic rings. The molecule has 1 rings (SSSR count). The predicted molar refractivity (Wildman–Crippen MR) is 76.9 cm³/mol. The van der Waals surface area contributed by atoms with Gasteiger partial charge >= 0.3 is 0 Å². The van der Waals surface area contributed by atoms with Crippen molar-refractivity contribution in [3.05, 3.63) is 35.6 Å². The summed E-state index contributed by atoms with van der Waals surface area (Å²) in [4.78, 5) is 2.49. The summed E-state index contributed by atoms with van der Waals surface area (Å²) < 4.78 is 0. The summed E-state index contributed by atoms with van der Waals surface area (Å²) in [6.07, 6.45) is 2.40. The molecular weight excluding hydrogens is 206 g/mol. The molecule has 1 fully saturated rings. The molecule has 0 saturated carbocycles. The van der Waals surface area contributed by atoms with E-state index in [9.17, 15) is 0 Å². The summed E-state index contributed by atoms with van der Waals surface area (Å²) >= 11 is 0. The van der Waals surface area contributed by atoms with Crippen molar-refractivity contribution in [3.8, 4) is 0 Å². The number of hydrogen-bond acceptors (Lipinski definition) is 1. The second kappa shape index (κ2) is 5.57. The maximum atomic E-state index is 4.21. The Labute approximate surface area is 107 Å². The van der Waals surface area contributed by atoms with Crippen molar-refractivity contribution < 1.29 is 0 Å². The van der Waals surface area contributed by atoms with E-state index in [0.717, 1.165) is 13.0 Å². The zero-order valence-electron chi connectivity index (χ0n) is 12.1. The molecule has 0 aromatic heterocycles. The van der Waals surface area contributed by atoms with Crippen molar-refractivity contribution in [1.82, 2.24) is 4.90 Å². The van der Waals surface area contributed by atoms with Gasteiger partial charge in [0.05, 0.1) is 0 Å². The first-order chi connectivity index (χ1) is 7.84. The fraction of sp³-hybridized carbons (Fsp3) is 0.625. The van der Waals surface area contributed by atoms with Gasteiger partial charge in [-0.15, -0.1) is 0 Å². The average molecular weight is 233 g/mol. The lowest BCUT2D eigenvalue weighted by molar-refractivity contribution is 0.254. The molecule has 0 radical (unpaired) electrons. The third kappa shape index (κ3) is 3.24. The lowest BCUT2D eigenvalue weighted by Crippen LogP contribution is -2.34. The van der Waals surface area contributed by atoms with Crippen LogP contribution in [0.15, 0.2) is 35.6 Å². The maximum absolute atomic E-state index is 4.21. The Morgan fingerprint density at radius 2 is 1.94 bits per heavy atom. The highest BCUT2D eigenvalue weighted by Crippen LogP contribution is 2.32. The van der Waals surface area contributed by atoms with E-state index < -0.39 is 0 Å². The summed E-state index contributed by atoms with van der Waals surface area (Å²) in [7, 11) is 0. The molecule has 1 aliphatic heterocycles. The molecule has 1 heterocycles. The number of rotatable bonds is 4. The summed E-state index contributed by atoms with van der Waals surface area (Å²) in [5.74, 6) is 0.692. The van der Waals surface area contributed by atoms with E-state index >= 15 is 0 Å². The van der Waals surface area contributed by atoms with Crippen molar-refractivity contribution in [2.45, 2.75) is 53.5 Å². The number of nitrogens with zero attached hydrogens (tertiary/aromatic N) is 1. The van der Waals surface area contributed by atoms with Gasteiger partial charge in [0.25, 0.3) is 0 Å². The Kier molecular flexibility index (Phi) is 4.62. The Morgan fingerprint density at radius 3 is 2.35 bits per heavy atom. The van der Waals surface area contributed by atoms with Crippen LogP contribution in [0.5, 0.6) is 0 Å². The second-order valence-corrected chi connectivity index (χ2v) is 5.80. The largest absolute Gasteiger partial charge is 0.368 e. The van der Waals surface area contributed by atoms with Crippen LogP contribution in [0.2, 0.25) is 0 Å². The molecule has 0 aromatic carbocycles. The summed E-state index contributed by atoms with van der Waals surface area (Å²) in [6, 6.07) is 0.649. The van der Waals surface area contributed by atoms with Gasteiger partial charge in [0, 0.05) is 18.3 Å². The number of hydrogen-bond donors (Lipinski definition) is 0. The summed E-state index contributed by atoms with van der Waals surface area (Å²) in [5, 5.41) is 0. The highest BCUT2D eigenvalue weighted by molar-refractivity contribution is 5.32. The normalized spacial score (nSPS) is 20.0. The first kappa shape index (κ1) is 14.1. The molecule has 1 saturated heterocycles. The van der Waals surface area contributed by atoms with Gasteiger partial charge in [0.1, 0.15) is 0 Å². The van der Waals surface area contributed by atoms with Crippen LogP contribution in [-0.4, -0.2) is 17.5 Å². The lowest BCUT2D eigenvalue weighted by Gasteiger charge is -2.32. The van der Waals surface area contributed by atoms with Gasteiger partial charge < -0.3 is 4.90 Å². The zero-order chi connectivity index (χ0) is 13.2. The molecule has 0 spiro atoms. The molecule has 1 aliphatic rings. The fourth-order valence-corrected chi connectivity index (χ4v) is 2.66. The standard InChI is InChI=1S/C16H27N/c1-11(2)15(12(3)4)10-17-14(7)8-9-16(17)13(5)6/h13,16H,1,7-10H2,2-6H3. The Morgan fingerprint density at radius 1 is 1.35 bits per heavy atom. The van der Waals surface area contributed by atoms with E-state index in [2.05, 4.69) is 52.7 Å². The second-order valence-electron chi connectivity index (χ2n) is 5.80. The molecule has 1 nitrogen and oxygen atoms in total. The summed E-state index contributed by atoms with van der Waals surface area (Å²) in [6.45, 7) is 20.4. The minimum absolute atomic E-state index is 0.649. The van der Waals surface area contributed by atoms with Crippen molar-refractivity contribution >= 4 is 0 Å². The molecule has 17 heavy (non-hydrogen) atoms. The van der Waals surface area contributed by atoms with Gasteiger partial charge in [-0.25, -0.2) is 0 Å². The van der Waals surface area contributed by atoms with Crippen LogP contribution in [0.25, 0.3) is 0 Å². The van der Waals surface area contributed by atoms with Crippen LogP contribution in [0.3, 0.4) is 0 Å². The number of allylic oxidation sites excluding steroid dienone is 2. The van der Waals surface area contributed by atoms with E-state index in [-0.39, 0.29) is 0 Å². The molecule has 1 heteroatoms. The topological polar surface area (TPSA) is 3.24 Å². The Bertz CT molecular complexity index is 343. The molecular formula is C16H27N. The van der Waals surface area contributed by atoms with Crippen LogP contribution in [0.4, 0.5) is 0 Å². The third-order valence-corrected chi connectivity index (χ3v) is 3.75. The van der Waals surface area contributed by atoms with Gasteiger partial charge in [-0.3, -0.25) is 0 Å². The highest BCUT2D eigenvalue weighted by atomic mass is 15.2. The first-order valence-electron chi connectivity index (χ1n) is 6.61. The van der Waals surface area contributed by atoms with Crippen LogP contribution < -0.4 is 0 Å². The molecule has 0 aliphatic carbocycles. The van der Waals surface area contributed by atoms with Crippen molar-refractivity contribution in [3.63, 3.8) is 0 Å². The van der Waals surface area contributed by atoms with Gasteiger partial charge in [-0.05, 0) is 45.1 Å². The smallest absolute Gasteiger partial charge is 0.0431 e. The minimum atomic E-state index is 0.649.